The second-order valence-electron chi connectivity index (χ2n) is 6.45. The van der Waals surface area contributed by atoms with Crippen LogP contribution in [0, 0.1) is 12.8 Å². The summed E-state index contributed by atoms with van der Waals surface area (Å²) in [6.45, 7) is 3.13. The van der Waals surface area contributed by atoms with Crippen LogP contribution in [-0.2, 0) is 4.79 Å². The minimum atomic E-state index is -0.189. The number of aryl methyl sites for hydroxylation is 1. The Bertz CT molecular complexity index is 756. The standard InChI is InChI=1S/C20H21ClN2O2/c1-14-4-10-18(11-5-14)22-19(24)16-3-2-12-23(13-16)20(25)15-6-8-17(21)9-7-15/h4-11,16H,2-3,12-13H2,1H3,(H,22,24)/t16-/m1/s1. The third-order valence-corrected chi connectivity index (χ3v) is 4.74. The molecule has 2 amide bonds. The van der Waals surface area contributed by atoms with Gasteiger partial charge in [-0.05, 0) is 56.2 Å². The maximum absolute atomic E-state index is 12.6. The number of nitrogens with one attached hydrogen (secondary N) is 1. The van der Waals surface area contributed by atoms with Crippen LogP contribution in [0.2, 0.25) is 5.02 Å². The minimum absolute atomic E-state index is 0.0301. The molecule has 1 heterocycles. The van der Waals surface area contributed by atoms with Gasteiger partial charge in [-0.2, -0.15) is 0 Å². The van der Waals surface area contributed by atoms with E-state index in [1.54, 1.807) is 29.2 Å². The molecule has 1 N–H and O–H groups in total. The number of anilines is 1. The Balaban J connectivity index is 1.63. The van der Waals surface area contributed by atoms with Crippen molar-refractivity contribution in [2.24, 2.45) is 5.92 Å². The van der Waals surface area contributed by atoms with E-state index in [-0.39, 0.29) is 17.7 Å². The first-order valence-electron chi connectivity index (χ1n) is 8.45. The summed E-state index contributed by atoms with van der Waals surface area (Å²) in [6.07, 6.45) is 1.62. The molecule has 0 unspecified atom stereocenters. The van der Waals surface area contributed by atoms with Crippen molar-refractivity contribution < 1.29 is 9.59 Å². The molecule has 1 saturated heterocycles. The first-order chi connectivity index (χ1) is 12.0. The van der Waals surface area contributed by atoms with Crippen molar-refractivity contribution in [2.45, 2.75) is 19.8 Å². The van der Waals surface area contributed by atoms with E-state index in [1.807, 2.05) is 31.2 Å². The highest BCUT2D eigenvalue weighted by Gasteiger charge is 2.29. The second-order valence-corrected chi connectivity index (χ2v) is 6.89. The molecule has 4 nitrogen and oxygen atoms in total. The first kappa shape index (κ1) is 17.5. The highest BCUT2D eigenvalue weighted by molar-refractivity contribution is 6.30. The lowest BCUT2D eigenvalue weighted by Gasteiger charge is -2.32. The van der Waals surface area contributed by atoms with Crippen molar-refractivity contribution in [1.29, 1.82) is 0 Å². The van der Waals surface area contributed by atoms with Gasteiger partial charge in [0.05, 0.1) is 5.92 Å². The predicted octanol–water partition coefficient (Wildman–Crippen LogP) is 4.14. The molecule has 1 aliphatic heterocycles. The molecule has 0 bridgehead atoms. The van der Waals surface area contributed by atoms with Crippen molar-refractivity contribution >= 4 is 29.1 Å². The third kappa shape index (κ3) is 4.40. The van der Waals surface area contributed by atoms with Crippen LogP contribution < -0.4 is 5.32 Å². The summed E-state index contributed by atoms with van der Waals surface area (Å²) in [7, 11) is 0. The molecule has 0 spiro atoms. The molecular weight excluding hydrogens is 336 g/mol. The van der Waals surface area contributed by atoms with Gasteiger partial charge in [0.25, 0.3) is 5.91 Å². The smallest absolute Gasteiger partial charge is 0.253 e. The fourth-order valence-electron chi connectivity index (χ4n) is 3.03. The van der Waals surface area contributed by atoms with Crippen molar-refractivity contribution in [3.8, 4) is 0 Å². The van der Waals surface area contributed by atoms with Gasteiger partial charge in [0.15, 0.2) is 0 Å². The molecule has 25 heavy (non-hydrogen) atoms. The van der Waals surface area contributed by atoms with Crippen LogP contribution in [0.15, 0.2) is 48.5 Å². The zero-order valence-electron chi connectivity index (χ0n) is 14.2. The fourth-order valence-corrected chi connectivity index (χ4v) is 3.16. The molecule has 3 rings (SSSR count). The molecule has 0 saturated carbocycles. The van der Waals surface area contributed by atoms with Crippen molar-refractivity contribution in [2.75, 3.05) is 18.4 Å². The molecule has 1 atom stereocenters. The molecule has 1 fully saturated rings. The molecule has 0 aromatic heterocycles. The van der Waals surface area contributed by atoms with E-state index in [9.17, 15) is 9.59 Å². The quantitative estimate of drug-likeness (QED) is 0.898. The molecule has 5 heteroatoms. The Hall–Kier alpha value is -2.33. The van der Waals surface area contributed by atoms with Crippen LogP contribution in [0.5, 0.6) is 0 Å². The van der Waals surface area contributed by atoms with Crippen LogP contribution in [-0.4, -0.2) is 29.8 Å². The van der Waals surface area contributed by atoms with Crippen LogP contribution in [0.4, 0.5) is 5.69 Å². The lowest BCUT2D eigenvalue weighted by Crippen LogP contribution is -2.43. The van der Waals surface area contributed by atoms with Crippen LogP contribution in [0.3, 0.4) is 0 Å². The van der Waals surface area contributed by atoms with Crippen molar-refractivity contribution in [3.05, 3.63) is 64.7 Å². The average Bonchev–Trinajstić information content (AvgIpc) is 2.64. The van der Waals surface area contributed by atoms with Crippen LogP contribution >= 0.6 is 11.6 Å². The topological polar surface area (TPSA) is 49.4 Å². The normalized spacial score (nSPS) is 17.2. The fraction of sp³-hybridized carbons (Fsp3) is 0.300. The SMILES string of the molecule is Cc1ccc(NC(=O)[C@@H]2CCCN(C(=O)c3ccc(Cl)cc3)C2)cc1. The lowest BCUT2D eigenvalue weighted by molar-refractivity contribution is -0.121. The summed E-state index contributed by atoms with van der Waals surface area (Å²) in [5.74, 6) is -0.270. The number of hydrogen-bond donors (Lipinski definition) is 1. The van der Waals surface area contributed by atoms with E-state index >= 15 is 0 Å². The number of carbonyl (C=O) groups excluding carboxylic acids is 2. The Labute approximate surface area is 152 Å². The Morgan fingerprint density at radius 1 is 1.08 bits per heavy atom. The number of piperidine rings is 1. The van der Waals surface area contributed by atoms with Gasteiger partial charge >= 0.3 is 0 Å². The highest BCUT2D eigenvalue weighted by atomic mass is 35.5. The largest absolute Gasteiger partial charge is 0.338 e. The minimum Gasteiger partial charge on any atom is -0.338 e. The molecule has 0 radical (unpaired) electrons. The summed E-state index contributed by atoms with van der Waals surface area (Å²) in [6, 6.07) is 14.6. The monoisotopic (exact) mass is 356 g/mol. The Morgan fingerprint density at radius 3 is 2.44 bits per heavy atom. The molecule has 1 aliphatic rings. The van der Waals surface area contributed by atoms with E-state index in [0.29, 0.717) is 23.7 Å². The zero-order chi connectivity index (χ0) is 17.8. The third-order valence-electron chi connectivity index (χ3n) is 4.49. The summed E-state index contributed by atoms with van der Waals surface area (Å²) in [5.41, 5.74) is 2.54. The van der Waals surface area contributed by atoms with Crippen LogP contribution in [0.25, 0.3) is 0 Å². The number of amides is 2. The number of nitrogens with zero attached hydrogens (tertiary/aromatic N) is 1. The maximum atomic E-state index is 12.6. The summed E-state index contributed by atoms with van der Waals surface area (Å²) < 4.78 is 0. The Morgan fingerprint density at radius 2 is 1.76 bits per heavy atom. The van der Waals surface area contributed by atoms with Gasteiger partial charge in [0.2, 0.25) is 5.91 Å². The highest BCUT2D eigenvalue weighted by Crippen LogP contribution is 2.21. The lowest BCUT2D eigenvalue weighted by atomic mass is 9.96. The number of likely N-dealkylation sites (tertiary alicyclic amines) is 1. The number of rotatable bonds is 3. The summed E-state index contributed by atoms with van der Waals surface area (Å²) >= 11 is 5.88. The van der Waals surface area contributed by atoms with Gasteiger partial charge < -0.3 is 10.2 Å². The number of hydrogen-bond acceptors (Lipinski definition) is 2. The maximum Gasteiger partial charge on any atom is 0.253 e. The molecule has 2 aromatic rings. The average molecular weight is 357 g/mol. The van der Waals surface area contributed by atoms with Gasteiger partial charge in [-0.1, -0.05) is 29.3 Å². The van der Waals surface area contributed by atoms with E-state index in [4.69, 9.17) is 11.6 Å². The number of halogens is 1. The van der Waals surface area contributed by atoms with Gasteiger partial charge in [0.1, 0.15) is 0 Å². The van der Waals surface area contributed by atoms with Crippen molar-refractivity contribution in [3.63, 3.8) is 0 Å². The van der Waals surface area contributed by atoms with Crippen molar-refractivity contribution in [1.82, 2.24) is 4.90 Å². The molecule has 0 aliphatic carbocycles. The number of benzene rings is 2. The molecular formula is C20H21ClN2O2. The summed E-state index contributed by atoms with van der Waals surface area (Å²) in [5, 5.41) is 3.55. The second kappa shape index (κ2) is 7.70. The van der Waals surface area contributed by atoms with Crippen LogP contribution in [0.1, 0.15) is 28.8 Å². The van der Waals surface area contributed by atoms with E-state index < -0.39 is 0 Å². The van der Waals surface area contributed by atoms with Gasteiger partial charge in [-0.15, -0.1) is 0 Å². The number of carbonyl (C=O) groups is 2. The summed E-state index contributed by atoms with van der Waals surface area (Å²) in [4.78, 5) is 26.9. The van der Waals surface area contributed by atoms with Gasteiger partial charge in [-0.3, -0.25) is 9.59 Å². The first-order valence-corrected chi connectivity index (χ1v) is 8.83. The van der Waals surface area contributed by atoms with E-state index in [2.05, 4.69) is 5.32 Å². The zero-order valence-corrected chi connectivity index (χ0v) is 14.9. The predicted molar refractivity (Wildman–Crippen MR) is 99.9 cm³/mol. The molecule has 130 valence electrons. The Kier molecular flexibility index (Phi) is 5.39. The van der Waals surface area contributed by atoms with Gasteiger partial charge in [0, 0.05) is 29.4 Å². The van der Waals surface area contributed by atoms with E-state index in [1.165, 1.54) is 0 Å². The van der Waals surface area contributed by atoms with E-state index in [0.717, 1.165) is 24.1 Å². The molecule has 2 aromatic carbocycles. The van der Waals surface area contributed by atoms with Gasteiger partial charge in [-0.25, -0.2) is 0 Å².